The van der Waals surface area contributed by atoms with E-state index in [1.807, 2.05) is 6.08 Å². The van der Waals surface area contributed by atoms with Crippen molar-refractivity contribution in [3.05, 3.63) is 34.7 Å². The van der Waals surface area contributed by atoms with Gasteiger partial charge >= 0.3 is 5.97 Å². The van der Waals surface area contributed by atoms with Crippen LogP contribution in [0, 0.1) is 0 Å². The third kappa shape index (κ3) is 1.70. The van der Waals surface area contributed by atoms with E-state index < -0.39 is 0 Å². The van der Waals surface area contributed by atoms with E-state index >= 15 is 0 Å². The second kappa shape index (κ2) is 3.73. The van der Waals surface area contributed by atoms with E-state index in [1.54, 1.807) is 19.2 Å². The fourth-order valence-electron chi connectivity index (χ4n) is 1.59. The number of fused-ring (bicyclic) bond motifs is 1. The summed E-state index contributed by atoms with van der Waals surface area (Å²) in [6, 6.07) is 0. The number of nitrogens with zero attached hydrogens (tertiary/aromatic N) is 1. The van der Waals surface area contributed by atoms with Crippen LogP contribution in [0.25, 0.3) is 0 Å². The molecule has 4 nitrogen and oxygen atoms in total. The van der Waals surface area contributed by atoms with Crippen LogP contribution < -0.4 is 5.73 Å². The van der Waals surface area contributed by atoms with Gasteiger partial charge in [0, 0.05) is 18.3 Å². The van der Waals surface area contributed by atoms with Gasteiger partial charge in [0.2, 0.25) is 0 Å². The minimum Gasteiger partial charge on any atom is -0.463 e. The van der Waals surface area contributed by atoms with Gasteiger partial charge in [0.15, 0.2) is 0 Å². The molecule has 0 bridgehead atoms. The number of allylic oxidation sites excluding steroid dienone is 3. The van der Waals surface area contributed by atoms with E-state index in [0.29, 0.717) is 24.3 Å². The standard InChI is InChI=1S/C11H12N2O2/c1-2-15-11(14)8-5-7-3-4-13-10(7)6-9(8)12/h3-4,6H,2,5,12H2,1H3. The molecule has 2 N–H and O–H groups in total. The number of ether oxygens (including phenoxy) is 1. The highest BCUT2D eigenvalue weighted by molar-refractivity contribution is 5.92. The minimum atomic E-state index is -0.335. The number of nitrogens with two attached hydrogens (primary N) is 1. The Morgan fingerprint density at radius 1 is 1.67 bits per heavy atom. The van der Waals surface area contributed by atoms with Crippen LogP contribution in [-0.2, 0) is 9.53 Å². The highest BCUT2D eigenvalue weighted by Gasteiger charge is 2.23. The molecule has 0 aromatic rings. The first-order valence-corrected chi connectivity index (χ1v) is 4.83. The van der Waals surface area contributed by atoms with E-state index in [9.17, 15) is 4.79 Å². The van der Waals surface area contributed by atoms with Gasteiger partial charge in [0.1, 0.15) is 0 Å². The summed E-state index contributed by atoms with van der Waals surface area (Å²) in [5.41, 5.74) is 8.62. The zero-order valence-electron chi connectivity index (χ0n) is 8.49. The van der Waals surface area contributed by atoms with Crippen LogP contribution in [0.4, 0.5) is 0 Å². The molecule has 4 heteroatoms. The molecule has 0 saturated heterocycles. The van der Waals surface area contributed by atoms with Crippen molar-refractivity contribution in [1.29, 1.82) is 0 Å². The fourth-order valence-corrected chi connectivity index (χ4v) is 1.59. The number of aliphatic imine (C=N–C) groups is 1. The Morgan fingerprint density at radius 3 is 3.20 bits per heavy atom. The molecule has 0 fully saturated rings. The lowest BCUT2D eigenvalue weighted by atomic mass is 9.96. The van der Waals surface area contributed by atoms with Gasteiger partial charge in [-0.2, -0.15) is 0 Å². The number of carbonyl (C=O) groups is 1. The van der Waals surface area contributed by atoms with Crippen LogP contribution in [0.1, 0.15) is 13.3 Å². The first-order chi connectivity index (χ1) is 7.22. The summed E-state index contributed by atoms with van der Waals surface area (Å²) in [4.78, 5) is 15.7. The number of hydrogen-bond acceptors (Lipinski definition) is 4. The van der Waals surface area contributed by atoms with Gasteiger partial charge in [0.25, 0.3) is 0 Å². The van der Waals surface area contributed by atoms with Crippen LogP contribution in [0.2, 0.25) is 0 Å². The van der Waals surface area contributed by atoms with Crippen LogP contribution in [0.5, 0.6) is 0 Å². The molecule has 0 saturated carbocycles. The maximum absolute atomic E-state index is 11.5. The molecule has 0 amide bonds. The monoisotopic (exact) mass is 204 g/mol. The number of rotatable bonds is 2. The van der Waals surface area contributed by atoms with Crippen molar-refractivity contribution in [1.82, 2.24) is 0 Å². The first-order valence-electron chi connectivity index (χ1n) is 4.83. The van der Waals surface area contributed by atoms with Gasteiger partial charge in [-0.1, -0.05) is 0 Å². The summed E-state index contributed by atoms with van der Waals surface area (Å²) < 4.78 is 4.93. The number of hydrogen-bond donors (Lipinski definition) is 1. The van der Waals surface area contributed by atoms with Crippen molar-refractivity contribution in [2.45, 2.75) is 13.3 Å². The van der Waals surface area contributed by atoms with Crippen molar-refractivity contribution >= 4 is 12.2 Å². The molecule has 1 aliphatic carbocycles. The molecule has 1 heterocycles. The van der Waals surface area contributed by atoms with Crippen LogP contribution >= 0.6 is 0 Å². The maximum atomic E-state index is 11.5. The third-order valence-electron chi connectivity index (χ3n) is 2.35. The van der Waals surface area contributed by atoms with E-state index in [2.05, 4.69) is 4.99 Å². The smallest absolute Gasteiger partial charge is 0.336 e. The zero-order valence-corrected chi connectivity index (χ0v) is 8.49. The van der Waals surface area contributed by atoms with Gasteiger partial charge in [0.05, 0.1) is 17.9 Å². The maximum Gasteiger partial charge on any atom is 0.336 e. The Labute approximate surface area is 87.8 Å². The Morgan fingerprint density at radius 2 is 2.47 bits per heavy atom. The quantitative estimate of drug-likeness (QED) is 0.684. The van der Waals surface area contributed by atoms with E-state index in [-0.39, 0.29) is 5.97 Å². The molecule has 0 atom stereocenters. The average molecular weight is 204 g/mol. The summed E-state index contributed by atoms with van der Waals surface area (Å²) in [6.07, 6.45) is 5.82. The summed E-state index contributed by atoms with van der Waals surface area (Å²) in [5, 5.41) is 0. The van der Waals surface area contributed by atoms with Crippen molar-refractivity contribution < 1.29 is 9.53 Å². The van der Waals surface area contributed by atoms with Gasteiger partial charge in [-0.15, -0.1) is 0 Å². The van der Waals surface area contributed by atoms with Crippen molar-refractivity contribution in [2.24, 2.45) is 10.7 Å². The highest BCUT2D eigenvalue weighted by atomic mass is 16.5. The van der Waals surface area contributed by atoms with Crippen molar-refractivity contribution in [2.75, 3.05) is 6.61 Å². The molecule has 0 unspecified atom stereocenters. The molecule has 1 aliphatic heterocycles. The van der Waals surface area contributed by atoms with Gasteiger partial charge in [-0.05, 0) is 24.6 Å². The molecule has 2 rings (SSSR count). The molecular formula is C11H12N2O2. The number of esters is 1. The summed E-state index contributed by atoms with van der Waals surface area (Å²) in [7, 11) is 0. The molecule has 15 heavy (non-hydrogen) atoms. The Hall–Kier alpha value is -1.84. The summed E-state index contributed by atoms with van der Waals surface area (Å²) >= 11 is 0. The predicted octanol–water partition coefficient (Wildman–Crippen LogP) is 1.06. The van der Waals surface area contributed by atoms with Crippen molar-refractivity contribution in [3.8, 4) is 0 Å². The molecule has 0 aromatic carbocycles. The van der Waals surface area contributed by atoms with E-state index in [1.165, 1.54) is 0 Å². The number of carbonyl (C=O) groups excluding carboxylic acids is 1. The van der Waals surface area contributed by atoms with Gasteiger partial charge < -0.3 is 10.5 Å². The van der Waals surface area contributed by atoms with E-state index in [0.717, 1.165) is 11.3 Å². The Balaban J connectivity index is 2.27. The molecular weight excluding hydrogens is 192 g/mol. The summed E-state index contributed by atoms with van der Waals surface area (Å²) in [6.45, 7) is 2.14. The molecule has 2 aliphatic rings. The lowest BCUT2D eigenvalue weighted by Gasteiger charge is -2.15. The van der Waals surface area contributed by atoms with Crippen LogP contribution in [0.15, 0.2) is 39.7 Å². The molecule has 78 valence electrons. The molecule has 0 spiro atoms. The average Bonchev–Trinajstić information content (AvgIpc) is 2.63. The lowest BCUT2D eigenvalue weighted by molar-refractivity contribution is -0.138. The third-order valence-corrected chi connectivity index (χ3v) is 2.35. The normalized spacial score (nSPS) is 18.5. The van der Waals surface area contributed by atoms with Gasteiger partial charge in [-0.25, -0.2) is 4.79 Å². The largest absolute Gasteiger partial charge is 0.463 e. The summed E-state index contributed by atoms with van der Waals surface area (Å²) in [5.74, 6) is -0.335. The highest BCUT2D eigenvalue weighted by Crippen LogP contribution is 2.30. The van der Waals surface area contributed by atoms with Crippen LogP contribution in [-0.4, -0.2) is 18.8 Å². The minimum absolute atomic E-state index is 0.335. The topological polar surface area (TPSA) is 64.7 Å². The van der Waals surface area contributed by atoms with E-state index in [4.69, 9.17) is 10.5 Å². The first kappa shape index (κ1) is 9.71. The molecule has 0 radical (unpaired) electrons. The van der Waals surface area contributed by atoms with Gasteiger partial charge in [-0.3, -0.25) is 4.99 Å². The SMILES string of the molecule is CCOC(=O)C1=C(N)C=C2N=CC=C2C1. The lowest BCUT2D eigenvalue weighted by Crippen LogP contribution is -2.16. The zero-order chi connectivity index (χ0) is 10.8. The predicted molar refractivity (Wildman–Crippen MR) is 57.1 cm³/mol. The fraction of sp³-hybridized carbons (Fsp3) is 0.273. The van der Waals surface area contributed by atoms with Crippen molar-refractivity contribution in [3.63, 3.8) is 0 Å². The Bertz CT molecular complexity index is 428. The second-order valence-corrected chi connectivity index (χ2v) is 3.33. The Kier molecular flexibility index (Phi) is 2.41. The van der Waals surface area contributed by atoms with Crippen LogP contribution in [0.3, 0.4) is 0 Å². The molecule has 0 aromatic heterocycles. The second-order valence-electron chi connectivity index (χ2n) is 3.33.